The fourth-order valence-corrected chi connectivity index (χ4v) is 3.16. The van der Waals surface area contributed by atoms with Gasteiger partial charge in [0.15, 0.2) is 5.96 Å². The highest BCUT2D eigenvalue weighted by molar-refractivity contribution is 14.0. The van der Waals surface area contributed by atoms with Crippen LogP contribution in [0.4, 0.5) is 0 Å². The second-order valence-corrected chi connectivity index (χ2v) is 7.02. The molecule has 0 aliphatic heterocycles. The van der Waals surface area contributed by atoms with Gasteiger partial charge in [-0.1, -0.05) is 0 Å². The molecule has 1 aromatic carbocycles. The van der Waals surface area contributed by atoms with E-state index in [1.54, 1.807) is 7.11 Å². The van der Waals surface area contributed by atoms with Crippen LogP contribution in [0.2, 0.25) is 0 Å². The second-order valence-electron chi connectivity index (χ2n) is 7.02. The normalized spacial score (nSPS) is 17.5. The lowest BCUT2D eigenvalue weighted by molar-refractivity contribution is 0.207. The van der Waals surface area contributed by atoms with Crippen molar-refractivity contribution < 1.29 is 9.47 Å². The molecular weight excluding hydrogens is 441 g/mol. The summed E-state index contributed by atoms with van der Waals surface area (Å²) >= 11 is 0. The average Bonchev–Trinajstić information content (AvgIpc) is 3.33. The number of methoxy groups -OCH3 is 1. The van der Waals surface area contributed by atoms with Crippen molar-refractivity contribution in [2.45, 2.75) is 58.1 Å². The van der Waals surface area contributed by atoms with E-state index in [-0.39, 0.29) is 24.0 Å². The Balaban J connectivity index is 0.00000243. The lowest BCUT2D eigenvalue weighted by Gasteiger charge is -2.17. The van der Waals surface area contributed by atoms with Gasteiger partial charge in [0.2, 0.25) is 0 Å². The van der Waals surface area contributed by atoms with E-state index in [0.717, 1.165) is 54.9 Å². The SMILES string of the molecule is CCNC(=NCc1ccc(OC)cc1OC1CCCC1)NCC1CC1.I. The molecule has 0 heterocycles. The Hall–Kier alpha value is -1.18. The van der Waals surface area contributed by atoms with Gasteiger partial charge in [0, 0.05) is 24.7 Å². The van der Waals surface area contributed by atoms with Gasteiger partial charge >= 0.3 is 0 Å². The van der Waals surface area contributed by atoms with E-state index in [1.165, 1.54) is 25.7 Å². The van der Waals surface area contributed by atoms with Gasteiger partial charge in [-0.2, -0.15) is 0 Å². The Kier molecular flexibility index (Phi) is 8.81. The van der Waals surface area contributed by atoms with Gasteiger partial charge in [-0.15, -0.1) is 24.0 Å². The van der Waals surface area contributed by atoms with E-state index in [1.807, 2.05) is 12.1 Å². The minimum Gasteiger partial charge on any atom is -0.497 e. The topological polar surface area (TPSA) is 54.9 Å². The number of aliphatic imine (C=N–C) groups is 1. The van der Waals surface area contributed by atoms with Gasteiger partial charge in [0.25, 0.3) is 0 Å². The summed E-state index contributed by atoms with van der Waals surface area (Å²) in [5.74, 6) is 3.45. The molecule has 0 amide bonds. The summed E-state index contributed by atoms with van der Waals surface area (Å²) in [6, 6.07) is 6.04. The van der Waals surface area contributed by atoms with E-state index in [0.29, 0.717) is 12.6 Å². The van der Waals surface area contributed by atoms with Crippen molar-refractivity contribution >= 4 is 29.9 Å². The van der Waals surface area contributed by atoms with Gasteiger partial charge < -0.3 is 20.1 Å². The van der Waals surface area contributed by atoms with Crippen molar-refractivity contribution in [1.29, 1.82) is 0 Å². The first-order chi connectivity index (χ1) is 12.3. The van der Waals surface area contributed by atoms with Crippen molar-refractivity contribution in [2.75, 3.05) is 20.2 Å². The summed E-state index contributed by atoms with van der Waals surface area (Å²) in [5, 5.41) is 6.77. The number of nitrogens with zero attached hydrogens (tertiary/aromatic N) is 1. The number of ether oxygens (including phenoxy) is 2. The number of hydrogen-bond acceptors (Lipinski definition) is 3. The Morgan fingerprint density at radius 1 is 1.15 bits per heavy atom. The molecule has 0 bridgehead atoms. The zero-order valence-electron chi connectivity index (χ0n) is 15.9. The van der Waals surface area contributed by atoms with E-state index >= 15 is 0 Å². The summed E-state index contributed by atoms with van der Waals surface area (Å²) in [7, 11) is 1.69. The monoisotopic (exact) mass is 473 g/mol. The Labute approximate surface area is 174 Å². The molecule has 2 fully saturated rings. The van der Waals surface area contributed by atoms with Crippen LogP contribution in [0.1, 0.15) is 51.0 Å². The van der Waals surface area contributed by atoms with Crippen molar-refractivity contribution in [3.8, 4) is 11.5 Å². The number of benzene rings is 1. The van der Waals surface area contributed by atoms with Crippen molar-refractivity contribution in [1.82, 2.24) is 10.6 Å². The molecule has 5 nitrogen and oxygen atoms in total. The summed E-state index contributed by atoms with van der Waals surface area (Å²) in [6.45, 7) is 4.58. The molecule has 2 N–H and O–H groups in total. The fourth-order valence-electron chi connectivity index (χ4n) is 3.16. The zero-order chi connectivity index (χ0) is 17.5. The predicted molar refractivity (Wildman–Crippen MR) is 117 cm³/mol. The highest BCUT2D eigenvalue weighted by atomic mass is 127. The first kappa shape index (κ1) is 21.1. The van der Waals surface area contributed by atoms with Crippen LogP contribution in [-0.4, -0.2) is 32.3 Å². The molecule has 146 valence electrons. The van der Waals surface area contributed by atoms with Gasteiger partial charge in [-0.3, -0.25) is 0 Å². The van der Waals surface area contributed by atoms with Crippen LogP contribution in [0.5, 0.6) is 11.5 Å². The van der Waals surface area contributed by atoms with Crippen LogP contribution in [0.25, 0.3) is 0 Å². The van der Waals surface area contributed by atoms with E-state index in [2.05, 4.69) is 23.6 Å². The van der Waals surface area contributed by atoms with Crippen molar-refractivity contribution in [3.05, 3.63) is 23.8 Å². The fraction of sp³-hybridized carbons (Fsp3) is 0.650. The largest absolute Gasteiger partial charge is 0.497 e. The van der Waals surface area contributed by atoms with Gasteiger partial charge in [0.1, 0.15) is 11.5 Å². The first-order valence-electron chi connectivity index (χ1n) is 9.64. The molecule has 0 spiro atoms. The number of guanidine groups is 1. The third-order valence-corrected chi connectivity index (χ3v) is 4.88. The molecule has 0 aromatic heterocycles. The Morgan fingerprint density at radius 3 is 2.58 bits per heavy atom. The Bertz CT molecular complexity index is 584. The maximum absolute atomic E-state index is 6.26. The molecule has 0 atom stereocenters. The van der Waals surface area contributed by atoms with Gasteiger partial charge in [-0.25, -0.2) is 4.99 Å². The van der Waals surface area contributed by atoms with Gasteiger partial charge in [0.05, 0.1) is 19.8 Å². The molecule has 0 radical (unpaired) electrons. The molecular formula is C20H32IN3O2. The second kappa shape index (κ2) is 10.8. The smallest absolute Gasteiger partial charge is 0.191 e. The summed E-state index contributed by atoms with van der Waals surface area (Å²) < 4.78 is 11.6. The molecule has 0 saturated heterocycles. The molecule has 6 heteroatoms. The highest BCUT2D eigenvalue weighted by Crippen LogP contribution is 2.30. The molecule has 0 unspecified atom stereocenters. The van der Waals surface area contributed by atoms with E-state index < -0.39 is 0 Å². The number of hydrogen-bond donors (Lipinski definition) is 2. The van der Waals surface area contributed by atoms with Crippen LogP contribution in [0, 0.1) is 5.92 Å². The van der Waals surface area contributed by atoms with Crippen LogP contribution >= 0.6 is 24.0 Å². The van der Waals surface area contributed by atoms with Crippen LogP contribution in [-0.2, 0) is 6.54 Å². The van der Waals surface area contributed by atoms with Crippen molar-refractivity contribution in [2.24, 2.45) is 10.9 Å². The minimum atomic E-state index is 0. The van der Waals surface area contributed by atoms with E-state index in [9.17, 15) is 0 Å². The molecule has 3 rings (SSSR count). The van der Waals surface area contributed by atoms with Gasteiger partial charge in [-0.05, 0) is 63.5 Å². The summed E-state index contributed by atoms with van der Waals surface area (Å²) in [6.07, 6.45) is 7.82. The maximum Gasteiger partial charge on any atom is 0.191 e. The number of rotatable bonds is 8. The zero-order valence-corrected chi connectivity index (χ0v) is 18.3. The van der Waals surface area contributed by atoms with Crippen molar-refractivity contribution in [3.63, 3.8) is 0 Å². The maximum atomic E-state index is 6.26. The number of nitrogens with one attached hydrogen (secondary N) is 2. The van der Waals surface area contributed by atoms with E-state index in [4.69, 9.17) is 14.5 Å². The molecule has 2 saturated carbocycles. The van der Waals surface area contributed by atoms with Crippen LogP contribution < -0.4 is 20.1 Å². The quantitative estimate of drug-likeness (QED) is 0.339. The standard InChI is InChI=1S/C20H31N3O2.HI/c1-3-21-20(22-13-15-8-9-15)23-14-16-10-11-18(24-2)12-19(16)25-17-6-4-5-7-17;/h10-12,15,17H,3-9,13-14H2,1-2H3,(H2,21,22,23);1H. The summed E-state index contributed by atoms with van der Waals surface area (Å²) in [4.78, 5) is 4.75. The minimum absolute atomic E-state index is 0. The number of halogens is 1. The molecule has 2 aliphatic rings. The van der Waals surface area contributed by atoms with Crippen LogP contribution in [0.15, 0.2) is 23.2 Å². The lowest BCUT2D eigenvalue weighted by atomic mass is 10.2. The molecule has 26 heavy (non-hydrogen) atoms. The first-order valence-corrected chi connectivity index (χ1v) is 9.64. The van der Waals surface area contributed by atoms with Crippen LogP contribution in [0.3, 0.4) is 0 Å². The summed E-state index contributed by atoms with van der Waals surface area (Å²) in [5.41, 5.74) is 1.11. The Morgan fingerprint density at radius 2 is 1.92 bits per heavy atom. The third-order valence-electron chi connectivity index (χ3n) is 4.88. The molecule has 2 aliphatic carbocycles. The predicted octanol–water partition coefficient (Wildman–Crippen LogP) is 4.10. The lowest BCUT2D eigenvalue weighted by Crippen LogP contribution is -2.38. The molecule has 1 aromatic rings. The highest BCUT2D eigenvalue weighted by Gasteiger charge is 2.21. The third kappa shape index (κ3) is 6.52. The average molecular weight is 473 g/mol.